The van der Waals surface area contributed by atoms with Crippen molar-refractivity contribution < 1.29 is 18.0 Å². The normalized spacial score (nSPS) is 12.0. The lowest BCUT2D eigenvalue weighted by Gasteiger charge is -2.33. The molecule has 0 aliphatic heterocycles. The van der Waals surface area contributed by atoms with Gasteiger partial charge in [-0.1, -0.05) is 80.4 Å². The van der Waals surface area contributed by atoms with Gasteiger partial charge in [-0.15, -0.1) is 0 Å². The van der Waals surface area contributed by atoms with E-state index in [1.807, 2.05) is 45.0 Å². The van der Waals surface area contributed by atoms with Crippen molar-refractivity contribution in [3.05, 3.63) is 95.0 Å². The Morgan fingerprint density at radius 1 is 0.949 bits per heavy atom. The second-order valence-corrected chi connectivity index (χ2v) is 11.6. The highest BCUT2D eigenvalue weighted by Gasteiger charge is 2.33. The minimum atomic E-state index is -4.12. The number of hydrogen-bond donors (Lipinski definition) is 1. The summed E-state index contributed by atoms with van der Waals surface area (Å²) in [4.78, 5) is 28.8. The van der Waals surface area contributed by atoms with E-state index in [1.165, 1.54) is 23.1 Å². The molecule has 0 spiro atoms. The Balaban J connectivity index is 2.03. The Bertz CT molecular complexity index is 1370. The number of amides is 2. The molecular formula is C30H36ClN3O4S. The molecule has 0 radical (unpaired) electrons. The fourth-order valence-electron chi connectivity index (χ4n) is 4.28. The molecule has 3 aromatic rings. The molecule has 0 aliphatic carbocycles. The average molecular weight is 570 g/mol. The molecule has 1 N–H and O–H groups in total. The predicted molar refractivity (Wildman–Crippen MR) is 156 cm³/mol. The van der Waals surface area contributed by atoms with Crippen molar-refractivity contribution in [2.75, 3.05) is 17.4 Å². The molecule has 39 heavy (non-hydrogen) atoms. The molecule has 3 aromatic carbocycles. The molecule has 0 saturated heterocycles. The summed E-state index contributed by atoms with van der Waals surface area (Å²) >= 11 is 6.21. The summed E-state index contributed by atoms with van der Waals surface area (Å²) in [6.45, 7) is 6.00. The van der Waals surface area contributed by atoms with Crippen LogP contribution in [0.2, 0.25) is 5.02 Å². The molecule has 0 heterocycles. The van der Waals surface area contributed by atoms with Crippen LogP contribution in [-0.2, 0) is 26.2 Å². The van der Waals surface area contributed by atoms with Crippen LogP contribution in [0.15, 0.2) is 83.8 Å². The first-order valence-electron chi connectivity index (χ1n) is 13.1. The topological polar surface area (TPSA) is 86.8 Å². The molecular weight excluding hydrogens is 534 g/mol. The van der Waals surface area contributed by atoms with Crippen molar-refractivity contribution in [1.82, 2.24) is 10.2 Å². The fourth-order valence-corrected chi connectivity index (χ4v) is 5.89. The zero-order chi connectivity index (χ0) is 28.4. The van der Waals surface area contributed by atoms with Crippen molar-refractivity contribution in [1.29, 1.82) is 0 Å². The molecule has 3 rings (SSSR count). The number of benzene rings is 3. The van der Waals surface area contributed by atoms with Gasteiger partial charge in [0.05, 0.1) is 10.6 Å². The summed E-state index contributed by atoms with van der Waals surface area (Å²) in [5.41, 5.74) is 2.11. The third-order valence-electron chi connectivity index (χ3n) is 6.52. The molecule has 1 unspecified atom stereocenters. The third-order valence-corrected chi connectivity index (χ3v) is 8.55. The summed E-state index contributed by atoms with van der Waals surface area (Å²) in [5.74, 6) is -0.747. The number of carbonyl (C=O) groups excluding carboxylic acids is 2. The summed E-state index contributed by atoms with van der Waals surface area (Å²) in [6.07, 6.45) is 2.12. The van der Waals surface area contributed by atoms with Crippen LogP contribution in [0.25, 0.3) is 0 Å². The van der Waals surface area contributed by atoms with Crippen molar-refractivity contribution >= 4 is 39.1 Å². The first kappa shape index (κ1) is 30.2. The molecule has 9 heteroatoms. The number of nitrogens with zero attached hydrogens (tertiary/aromatic N) is 2. The first-order chi connectivity index (χ1) is 18.7. The number of nitrogens with one attached hydrogen (secondary N) is 1. The van der Waals surface area contributed by atoms with Crippen LogP contribution in [0.4, 0.5) is 5.69 Å². The Labute approximate surface area is 236 Å². The zero-order valence-electron chi connectivity index (χ0n) is 22.6. The minimum Gasteiger partial charge on any atom is -0.354 e. The molecule has 2 amide bonds. The van der Waals surface area contributed by atoms with Crippen LogP contribution >= 0.6 is 11.6 Å². The van der Waals surface area contributed by atoms with E-state index in [0.717, 1.165) is 28.3 Å². The molecule has 0 fully saturated rings. The second kappa shape index (κ2) is 14.1. The van der Waals surface area contributed by atoms with Crippen LogP contribution in [-0.4, -0.2) is 44.3 Å². The number of hydrogen-bond acceptors (Lipinski definition) is 4. The molecule has 0 bridgehead atoms. The van der Waals surface area contributed by atoms with Crippen molar-refractivity contribution in [3.63, 3.8) is 0 Å². The van der Waals surface area contributed by atoms with Gasteiger partial charge >= 0.3 is 0 Å². The Kier molecular flexibility index (Phi) is 10.9. The number of carbonyl (C=O) groups is 2. The third kappa shape index (κ3) is 7.83. The maximum Gasteiger partial charge on any atom is 0.264 e. The first-order valence-corrected chi connectivity index (χ1v) is 15.0. The molecule has 0 aliphatic rings. The predicted octanol–water partition coefficient (Wildman–Crippen LogP) is 5.57. The number of unbranched alkanes of at least 4 members (excludes halogenated alkanes) is 1. The number of rotatable bonds is 13. The van der Waals surface area contributed by atoms with Crippen molar-refractivity contribution in [2.45, 2.75) is 57.5 Å². The SMILES string of the molecule is CCCCNC(=O)C(CC)N(Cc1ccccc1C)C(=O)CN(c1cccc(Cl)c1)S(=O)(=O)c1ccccc1. The summed E-state index contributed by atoms with van der Waals surface area (Å²) < 4.78 is 28.6. The lowest BCUT2D eigenvalue weighted by Crippen LogP contribution is -2.52. The van der Waals surface area contributed by atoms with E-state index >= 15 is 0 Å². The van der Waals surface area contributed by atoms with Gasteiger partial charge in [0.2, 0.25) is 11.8 Å². The van der Waals surface area contributed by atoms with Gasteiger partial charge in [0, 0.05) is 18.1 Å². The van der Waals surface area contributed by atoms with Gasteiger partial charge in [-0.3, -0.25) is 13.9 Å². The summed E-state index contributed by atoms with van der Waals surface area (Å²) in [5, 5.41) is 3.28. The number of sulfonamides is 1. The quantitative estimate of drug-likeness (QED) is 0.273. The standard InChI is InChI=1S/C30H36ClN3O4S/c1-4-6-19-32-30(36)28(5-2)33(21-24-14-11-10-13-23(24)3)29(35)22-34(26-16-12-15-25(31)20-26)39(37,38)27-17-8-7-9-18-27/h7-18,20,28H,4-6,19,21-22H2,1-3H3,(H,32,36). The monoisotopic (exact) mass is 569 g/mol. The maximum atomic E-state index is 14.0. The molecule has 1 atom stereocenters. The van der Waals surface area contributed by atoms with Gasteiger partial charge < -0.3 is 10.2 Å². The van der Waals surface area contributed by atoms with Gasteiger partial charge in [-0.25, -0.2) is 8.42 Å². The van der Waals surface area contributed by atoms with Crippen LogP contribution in [0, 0.1) is 6.92 Å². The van der Waals surface area contributed by atoms with Crippen molar-refractivity contribution in [2.24, 2.45) is 0 Å². The highest BCUT2D eigenvalue weighted by molar-refractivity contribution is 7.92. The van der Waals surface area contributed by atoms with E-state index in [-0.39, 0.29) is 23.0 Å². The van der Waals surface area contributed by atoms with E-state index in [4.69, 9.17) is 11.6 Å². The van der Waals surface area contributed by atoms with Crippen LogP contribution in [0.1, 0.15) is 44.2 Å². The fraction of sp³-hybridized carbons (Fsp3) is 0.333. The molecule has 7 nitrogen and oxygen atoms in total. The molecule has 0 saturated carbocycles. The van der Waals surface area contributed by atoms with Crippen LogP contribution < -0.4 is 9.62 Å². The highest BCUT2D eigenvalue weighted by atomic mass is 35.5. The van der Waals surface area contributed by atoms with E-state index in [1.54, 1.807) is 36.4 Å². The number of anilines is 1. The van der Waals surface area contributed by atoms with E-state index in [2.05, 4.69) is 5.32 Å². The van der Waals surface area contributed by atoms with Crippen LogP contribution in [0.5, 0.6) is 0 Å². The Morgan fingerprint density at radius 2 is 1.64 bits per heavy atom. The van der Waals surface area contributed by atoms with E-state index in [9.17, 15) is 18.0 Å². The lowest BCUT2D eigenvalue weighted by atomic mass is 10.1. The molecule has 0 aromatic heterocycles. The smallest absolute Gasteiger partial charge is 0.264 e. The largest absolute Gasteiger partial charge is 0.354 e. The maximum absolute atomic E-state index is 14.0. The number of halogens is 1. The minimum absolute atomic E-state index is 0.0487. The van der Waals surface area contributed by atoms with Crippen molar-refractivity contribution in [3.8, 4) is 0 Å². The second-order valence-electron chi connectivity index (χ2n) is 9.32. The van der Waals surface area contributed by atoms with Crippen LogP contribution in [0.3, 0.4) is 0 Å². The highest BCUT2D eigenvalue weighted by Crippen LogP contribution is 2.27. The van der Waals surface area contributed by atoms with E-state index < -0.39 is 28.5 Å². The molecule has 208 valence electrons. The van der Waals surface area contributed by atoms with Gasteiger partial charge in [0.1, 0.15) is 12.6 Å². The van der Waals surface area contributed by atoms with Gasteiger partial charge in [-0.2, -0.15) is 0 Å². The lowest BCUT2D eigenvalue weighted by molar-refractivity contribution is -0.140. The van der Waals surface area contributed by atoms with E-state index in [0.29, 0.717) is 18.0 Å². The van der Waals surface area contributed by atoms with Gasteiger partial charge in [-0.05, 0) is 61.2 Å². The summed E-state index contributed by atoms with van der Waals surface area (Å²) in [6, 6.07) is 21.2. The Hall–Kier alpha value is -3.36. The summed E-state index contributed by atoms with van der Waals surface area (Å²) in [7, 11) is -4.12. The average Bonchev–Trinajstić information content (AvgIpc) is 2.93. The zero-order valence-corrected chi connectivity index (χ0v) is 24.2. The van der Waals surface area contributed by atoms with Gasteiger partial charge in [0.25, 0.3) is 10.0 Å². The number of aryl methyl sites for hydroxylation is 1. The Morgan fingerprint density at radius 3 is 2.28 bits per heavy atom. The van der Waals surface area contributed by atoms with Gasteiger partial charge in [0.15, 0.2) is 0 Å².